The highest BCUT2D eigenvalue weighted by Crippen LogP contribution is 2.16. The number of benzene rings is 2. The van der Waals surface area contributed by atoms with Gasteiger partial charge >= 0.3 is 6.09 Å². The largest absolute Gasteiger partial charge is 0.438 e. The molecule has 1 heterocycles. The van der Waals surface area contributed by atoms with Gasteiger partial charge in [-0.15, -0.1) is 0 Å². The van der Waals surface area contributed by atoms with Gasteiger partial charge in [0.2, 0.25) is 0 Å². The molecule has 1 amide bonds. The predicted molar refractivity (Wildman–Crippen MR) is 108 cm³/mol. The molecule has 3 rings (SSSR count). The zero-order valence-electron chi connectivity index (χ0n) is 15.0. The van der Waals surface area contributed by atoms with E-state index in [4.69, 9.17) is 4.74 Å². The van der Waals surface area contributed by atoms with Crippen molar-refractivity contribution in [2.24, 2.45) is 0 Å². The average Bonchev–Trinajstić information content (AvgIpc) is 3.22. The molecular formula is C20H19BrN4O3. The molecule has 0 saturated carbocycles. The van der Waals surface area contributed by atoms with Crippen LogP contribution in [0.4, 0.5) is 10.5 Å². The van der Waals surface area contributed by atoms with Crippen molar-refractivity contribution >= 4 is 33.5 Å². The van der Waals surface area contributed by atoms with Gasteiger partial charge in [-0.05, 0) is 29.8 Å². The monoisotopic (exact) mass is 442 g/mol. The minimum absolute atomic E-state index is 0.175. The lowest BCUT2D eigenvalue weighted by Crippen LogP contribution is -2.32. The number of aromatic amines is 1. The zero-order valence-corrected chi connectivity index (χ0v) is 16.6. The molecule has 1 atom stereocenters. The predicted octanol–water partition coefficient (Wildman–Crippen LogP) is 3.93. The first-order valence-electron chi connectivity index (χ1n) is 8.74. The molecule has 7 nitrogen and oxygen atoms in total. The van der Waals surface area contributed by atoms with Crippen molar-refractivity contribution < 1.29 is 14.3 Å². The number of halogens is 1. The van der Waals surface area contributed by atoms with E-state index in [1.54, 1.807) is 24.3 Å². The fourth-order valence-electron chi connectivity index (χ4n) is 2.61. The molecule has 8 heteroatoms. The van der Waals surface area contributed by atoms with Gasteiger partial charge < -0.3 is 4.74 Å². The molecule has 2 aromatic carbocycles. The number of nitrogens with zero attached hydrogens (tertiary/aromatic N) is 2. The molecule has 0 bridgehead atoms. The third kappa shape index (κ3) is 6.02. The second-order valence-electron chi connectivity index (χ2n) is 6.11. The average molecular weight is 443 g/mol. The Labute approximate surface area is 170 Å². The molecule has 1 aromatic heterocycles. The van der Waals surface area contributed by atoms with E-state index in [1.165, 1.54) is 6.33 Å². The van der Waals surface area contributed by atoms with Crippen molar-refractivity contribution in [1.29, 1.82) is 0 Å². The van der Waals surface area contributed by atoms with Gasteiger partial charge in [-0.2, -0.15) is 5.10 Å². The number of hydrogen-bond donors (Lipinski definition) is 2. The topological polar surface area (TPSA) is 97.0 Å². The van der Waals surface area contributed by atoms with Gasteiger partial charge in [0.25, 0.3) is 0 Å². The minimum atomic E-state index is -0.888. The Morgan fingerprint density at radius 3 is 2.54 bits per heavy atom. The van der Waals surface area contributed by atoms with E-state index in [-0.39, 0.29) is 12.2 Å². The number of aromatic nitrogens is 3. The Kier molecular flexibility index (Phi) is 6.91. The van der Waals surface area contributed by atoms with Crippen molar-refractivity contribution in [3.05, 3.63) is 76.8 Å². The van der Waals surface area contributed by atoms with Crippen LogP contribution in [0.2, 0.25) is 0 Å². The molecule has 144 valence electrons. The number of carbonyl (C=O) groups excluding carboxylic acids is 2. The smallest absolute Gasteiger partial charge is 0.412 e. The molecule has 2 N–H and O–H groups in total. The number of nitrogens with one attached hydrogen (secondary N) is 2. The van der Waals surface area contributed by atoms with Crippen LogP contribution in [-0.2, 0) is 22.4 Å². The van der Waals surface area contributed by atoms with Crippen LogP contribution in [0.3, 0.4) is 0 Å². The van der Waals surface area contributed by atoms with Crippen LogP contribution in [0.5, 0.6) is 0 Å². The lowest BCUT2D eigenvalue weighted by Gasteiger charge is -2.17. The summed E-state index contributed by atoms with van der Waals surface area (Å²) in [6.07, 6.45) is 0.741. The van der Waals surface area contributed by atoms with Gasteiger partial charge in [0.1, 0.15) is 12.2 Å². The van der Waals surface area contributed by atoms with Crippen molar-refractivity contribution in [1.82, 2.24) is 15.2 Å². The van der Waals surface area contributed by atoms with Gasteiger partial charge in [0.05, 0.1) is 0 Å². The van der Waals surface area contributed by atoms with Crippen molar-refractivity contribution in [3.63, 3.8) is 0 Å². The maximum absolute atomic E-state index is 12.7. The van der Waals surface area contributed by atoms with Crippen molar-refractivity contribution in [2.45, 2.75) is 25.4 Å². The summed E-state index contributed by atoms with van der Waals surface area (Å²) >= 11 is 3.34. The Bertz CT molecular complexity index is 899. The summed E-state index contributed by atoms with van der Waals surface area (Å²) in [5.74, 6) is 0.442. The number of anilines is 1. The summed E-state index contributed by atoms with van der Waals surface area (Å²) in [5.41, 5.74) is 1.50. The fraction of sp³-hybridized carbons (Fsp3) is 0.200. The molecule has 0 aliphatic rings. The molecule has 0 fully saturated rings. The van der Waals surface area contributed by atoms with Gasteiger partial charge in [-0.3, -0.25) is 15.2 Å². The summed E-state index contributed by atoms with van der Waals surface area (Å²) in [4.78, 5) is 29.0. The van der Waals surface area contributed by atoms with E-state index >= 15 is 0 Å². The van der Waals surface area contributed by atoms with Gasteiger partial charge in [-0.25, -0.2) is 9.78 Å². The van der Waals surface area contributed by atoms with E-state index in [0.717, 1.165) is 10.0 Å². The number of ether oxygens (including phenoxy) is 1. The zero-order chi connectivity index (χ0) is 19.8. The lowest BCUT2D eigenvalue weighted by atomic mass is 10.0. The Morgan fingerprint density at radius 2 is 1.86 bits per heavy atom. The van der Waals surface area contributed by atoms with E-state index in [0.29, 0.717) is 24.4 Å². The number of ketones is 1. The number of carbonyl (C=O) groups is 2. The van der Waals surface area contributed by atoms with Crippen LogP contribution in [-0.4, -0.2) is 33.2 Å². The number of hydrogen-bond acceptors (Lipinski definition) is 5. The fourth-order valence-corrected chi connectivity index (χ4v) is 2.88. The summed E-state index contributed by atoms with van der Waals surface area (Å²) in [7, 11) is 0. The second-order valence-corrected chi connectivity index (χ2v) is 7.03. The Balaban J connectivity index is 1.64. The van der Waals surface area contributed by atoms with Crippen molar-refractivity contribution in [3.8, 4) is 0 Å². The quantitative estimate of drug-likeness (QED) is 0.550. The highest BCUT2D eigenvalue weighted by Gasteiger charge is 2.23. The normalized spacial score (nSPS) is 11.6. The molecule has 3 aromatic rings. The summed E-state index contributed by atoms with van der Waals surface area (Å²) in [6, 6.07) is 16.5. The third-order valence-electron chi connectivity index (χ3n) is 4.04. The summed E-state index contributed by atoms with van der Waals surface area (Å²) in [5, 5.41) is 9.14. The maximum Gasteiger partial charge on any atom is 0.412 e. The van der Waals surface area contributed by atoms with Crippen LogP contribution in [0.25, 0.3) is 0 Å². The first-order chi connectivity index (χ1) is 13.6. The standard InChI is InChI=1S/C20H19BrN4O3/c21-15-6-8-16(9-7-15)24-20(27)28-18(12-14-4-2-1-3-5-14)17(26)10-11-19-22-13-23-25-19/h1-9,13,18H,10-12H2,(H,24,27)(H,22,23,25)/t18-/m0/s1. The molecule has 0 saturated heterocycles. The van der Waals surface area contributed by atoms with Crippen LogP contribution >= 0.6 is 15.9 Å². The third-order valence-corrected chi connectivity index (χ3v) is 4.56. The molecule has 0 unspecified atom stereocenters. The molecule has 0 spiro atoms. The Morgan fingerprint density at radius 1 is 1.11 bits per heavy atom. The lowest BCUT2D eigenvalue weighted by molar-refractivity contribution is -0.127. The first kappa shape index (κ1) is 19.8. The molecular weight excluding hydrogens is 424 g/mol. The SMILES string of the molecule is O=C(Nc1ccc(Br)cc1)O[C@@H](Cc1ccccc1)C(=O)CCc1ncn[nH]1. The van der Waals surface area contributed by atoms with Crippen molar-refractivity contribution in [2.75, 3.05) is 5.32 Å². The second kappa shape index (κ2) is 9.80. The number of Topliss-reactive ketones (excluding diaryl/α,β-unsaturated/α-hetero) is 1. The molecule has 0 aliphatic carbocycles. The van der Waals surface area contributed by atoms with Gasteiger partial charge in [0.15, 0.2) is 11.9 Å². The first-order valence-corrected chi connectivity index (χ1v) is 9.53. The van der Waals surface area contributed by atoms with Gasteiger partial charge in [-0.1, -0.05) is 46.3 Å². The van der Waals surface area contributed by atoms with Crippen LogP contribution < -0.4 is 5.32 Å². The minimum Gasteiger partial charge on any atom is -0.438 e. The highest BCUT2D eigenvalue weighted by molar-refractivity contribution is 9.10. The van der Waals surface area contributed by atoms with E-state index < -0.39 is 12.2 Å². The summed E-state index contributed by atoms with van der Waals surface area (Å²) in [6.45, 7) is 0. The van der Waals surface area contributed by atoms with E-state index in [1.807, 2.05) is 30.3 Å². The summed E-state index contributed by atoms with van der Waals surface area (Å²) < 4.78 is 6.36. The van der Waals surface area contributed by atoms with Crippen LogP contribution in [0.1, 0.15) is 17.8 Å². The highest BCUT2D eigenvalue weighted by atomic mass is 79.9. The van der Waals surface area contributed by atoms with Crippen LogP contribution in [0.15, 0.2) is 65.4 Å². The van der Waals surface area contributed by atoms with E-state index in [9.17, 15) is 9.59 Å². The number of H-pyrrole nitrogens is 1. The molecule has 0 aliphatic heterocycles. The molecule has 0 radical (unpaired) electrons. The maximum atomic E-state index is 12.7. The number of amides is 1. The molecule has 28 heavy (non-hydrogen) atoms. The van der Waals surface area contributed by atoms with Crippen LogP contribution in [0, 0.1) is 0 Å². The van der Waals surface area contributed by atoms with Gasteiger partial charge in [0, 0.05) is 29.4 Å². The number of aryl methyl sites for hydroxylation is 1. The van der Waals surface area contributed by atoms with E-state index in [2.05, 4.69) is 36.4 Å². The number of rotatable bonds is 8. The Hall–Kier alpha value is -3.00.